The summed E-state index contributed by atoms with van der Waals surface area (Å²) in [5.41, 5.74) is 2.21. The van der Waals surface area contributed by atoms with Gasteiger partial charge in [-0.3, -0.25) is 4.90 Å². The molecule has 6 heteroatoms. The van der Waals surface area contributed by atoms with Crippen molar-refractivity contribution in [2.75, 3.05) is 20.2 Å². The third kappa shape index (κ3) is 3.73. The smallest absolute Gasteiger partial charge is 0.230 e. The maximum absolute atomic E-state index is 6.08. The van der Waals surface area contributed by atoms with E-state index in [-0.39, 0.29) is 6.10 Å². The van der Waals surface area contributed by atoms with Crippen molar-refractivity contribution in [2.24, 2.45) is 0 Å². The summed E-state index contributed by atoms with van der Waals surface area (Å²) in [6, 6.07) is 16.1. The van der Waals surface area contributed by atoms with Gasteiger partial charge in [-0.25, -0.2) is 0 Å². The summed E-state index contributed by atoms with van der Waals surface area (Å²) in [7, 11) is 1.70. The quantitative estimate of drug-likeness (QED) is 0.623. The lowest BCUT2D eigenvalue weighted by atomic mass is 10.1. The fourth-order valence-corrected chi connectivity index (χ4v) is 3.48. The number of hydrogen-bond acceptors (Lipinski definition) is 6. The summed E-state index contributed by atoms with van der Waals surface area (Å²) in [6.45, 7) is 2.76. The monoisotopic (exact) mass is 377 g/mol. The summed E-state index contributed by atoms with van der Waals surface area (Å²) in [6.07, 6.45) is 2.54. The molecule has 2 aromatic carbocycles. The number of aromatic nitrogens is 2. The van der Waals surface area contributed by atoms with Crippen molar-refractivity contribution in [2.45, 2.75) is 31.4 Å². The van der Waals surface area contributed by atoms with Gasteiger partial charge in [0.25, 0.3) is 0 Å². The summed E-state index contributed by atoms with van der Waals surface area (Å²) in [5, 5.41) is 4.09. The molecule has 1 saturated carbocycles. The predicted molar refractivity (Wildman–Crippen MR) is 104 cm³/mol. The molecular weight excluding hydrogens is 354 g/mol. The fourth-order valence-electron chi connectivity index (χ4n) is 3.48. The second-order valence-corrected chi connectivity index (χ2v) is 7.54. The van der Waals surface area contributed by atoms with Crippen LogP contribution in [-0.4, -0.2) is 41.3 Å². The molecule has 0 amide bonds. The molecule has 0 bridgehead atoms. The molecule has 1 aliphatic heterocycles. The van der Waals surface area contributed by atoms with Crippen LogP contribution in [0.15, 0.2) is 53.1 Å². The molecule has 6 nitrogen and oxygen atoms in total. The third-order valence-electron chi connectivity index (χ3n) is 5.25. The standard InChI is InChI=1S/C22H23N3O3/c1-26-19-4-2-3-15(11-19)12-25-13-20(14-25)27-18-9-7-16(8-10-18)21-23-22(28-24-21)17-5-6-17/h2-4,7-11,17,20H,5-6,12-14H2,1H3. The lowest BCUT2D eigenvalue weighted by Gasteiger charge is -2.39. The summed E-state index contributed by atoms with van der Waals surface area (Å²) >= 11 is 0. The van der Waals surface area contributed by atoms with Crippen molar-refractivity contribution in [3.05, 3.63) is 60.0 Å². The Morgan fingerprint density at radius 2 is 1.89 bits per heavy atom. The van der Waals surface area contributed by atoms with E-state index >= 15 is 0 Å². The highest BCUT2D eigenvalue weighted by molar-refractivity contribution is 5.55. The van der Waals surface area contributed by atoms with Gasteiger partial charge in [-0.05, 0) is 54.8 Å². The molecular formula is C22H23N3O3. The Morgan fingerprint density at radius 1 is 1.07 bits per heavy atom. The first-order valence-electron chi connectivity index (χ1n) is 9.73. The van der Waals surface area contributed by atoms with Gasteiger partial charge in [0.1, 0.15) is 17.6 Å². The van der Waals surface area contributed by atoms with Crippen molar-refractivity contribution in [3.63, 3.8) is 0 Å². The van der Waals surface area contributed by atoms with Crippen molar-refractivity contribution in [3.8, 4) is 22.9 Å². The predicted octanol–water partition coefficient (Wildman–Crippen LogP) is 3.89. The van der Waals surface area contributed by atoms with Gasteiger partial charge in [-0.2, -0.15) is 4.98 Å². The second kappa shape index (κ2) is 7.28. The highest BCUT2D eigenvalue weighted by atomic mass is 16.5. The van der Waals surface area contributed by atoms with E-state index in [4.69, 9.17) is 14.0 Å². The summed E-state index contributed by atoms with van der Waals surface area (Å²) in [4.78, 5) is 6.86. The lowest BCUT2D eigenvalue weighted by Crippen LogP contribution is -2.53. The van der Waals surface area contributed by atoms with Crippen molar-refractivity contribution >= 4 is 0 Å². The van der Waals surface area contributed by atoms with E-state index in [2.05, 4.69) is 27.2 Å². The van der Waals surface area contributed by atoms with Crippen molar-refractivity contribution < 1.29 is 14.0 Å². The van der Waals surface area contributed by atoms with Gasteiger partial charge in [0.15, 0.2) is 0 Å². The molecule has 2 heterocycles. The molecule has 0 N–H and O–H groups in total. The molecule has 3 aromatic rings. The highest BCUT2D eigenvalue weighted by Crippen LogP contribution is 2.39. The number of benzene rings is 2. The van der Waals surface area contributed by atoms with Gasteiger partial charge >= 0.3 is 0 Å². The number of ether oxygens (including phenoxy) is 2. The SMILES string of the molecule is COc1cccc(CN2CC(Oc3ccc(-c4noc(C5CC5)n4)cc3)C2)c1. The molecule has 0 unspecified atom stereocenters. The van der Waals surface area contributed by atoms with E-state index < -0.39 is 0 Å². The molecule has 1 aromatic heterocycles. The van der Waals surface area contributed by atoms with Crippen LogP contribution >= 0.6 is 0 Å². The van der Waals surface area contributed by atoms with Crippen LogP contribution in [0.2, 0.25) is 0 Å². The van der Waals surface area contributed by atoms with E-state index in [0.717, 1.165) is 55.4 Å². The first-order chi connectivity index (χ1) is 13.8. The van der Waals surface area contributed by atoms with Crippen LogP contribution in [-0.2, 0) is 6.54 Å². The van der Waals surface area contributed by atoms with Crippen LogP contribution < -0.4 is 9.47 Å². The molecule has 28 heavy (non-hydrogen) atoms. The number of likely N-dealkylation sites (tertiary alicyclic amines) is 1. The number of nitrogens with zero attached hydrogens (tertiary/aromatic N) is 3. The van der Waals surface area contributed by atoms with E-state index in [1.807, 2.05) is 36.4 Å². The van der Waals surface area contributed by atoms with Crippen LogP contribution in [0.3, 0.4) is 0 Å². The zero-order chi connectivity index (χ0) is 18.9. The Hall–Kier alpha value is -2.86. The zero-order valence-electron chi connectivity index (χ0n) is 15.9. The molecule has 0 atom stereocenters. The van der Waals surface area contributed by atoms with Gasteiger partial charge in [0, 0.05) is 31.1 Å². The topological polar surface area (TPSA) is 60.6 Å². The van der Waals surface area contributed by atoms with Gasteiger partial charge in [-0.15, -0.1) is 0 Å². The van der Waals surface area contributed by atoms with Crippen LogP contribution in [0.1, 0.15) is 30.2 Å². The van der Waals surface area contributed by atoms with E-state index in [9.17, 15) is 0 Å². The average Bonchev–Trinajstić information content (AvgIpc) is 3.44. The van der Waals surface area contributed by atoms with Gasteiger partial charge in [0.2, 0.25) is 11.7 Å². The molecule has 2 fully saturated rings. The van der Waals surface area contributed by atoms with Crippen LogP contribution in [0.5, 0.6) is 11.5 Å². The Balaban J connectivity index is 1.13. The number of rotatable bonds is 7. The minimum atomic E-state index is 0.225. The van der Waals surface area contributed by atoms with E-state index in [1.54, 1.807) is 7.11 Å². The average molecular weight is 377 g/mol. The van der Waals surface area contributed by atoms with E-state index in [0.29, 0.717) is 11.7 Å². The van der Waals surface area contributed by atoms with Crippen LogP contribution in [0, 0.1) is 0 Å². The van der Waals surface area contributed by atoms with Crippen molar-refractivity contribution in [1.82, 2.24) is 15.0 Å². The summed E-state index contributed by atoms with van der Waals surface area (Å²) in [5.74, 6) is 3.67. The highest BCUT2D eigenvalue weighted by Gasteiger charge is 2.30. The van der Waals surface area contributed by atoms with Crippen LogP contribution in [0.25, 0.3) is 11.4 Å². The lowest BCUT2D eigenvalue weighted by molar-refractivity contribution is 0.0145. The van der Waals surface area contributed by atoms with Gasteiger partial charge in [0.05, 0.1) is 7.11 Å². The number of methoxy groups -OCH3 is 1. The minimum absolute atomic E-state index is 0.225. The number of hydrogen-bond donors (Lipinski definition) is 0. The largest absolute Gasteiger partial charge is 0.497 e. The maximum Gasteiger partial charge on any atom is 0.230 e. The normalized spacial score (nSPS) is 17.3. The van der Waals surface area contributed by atoms with Crippen LogP contribution in [0.4, 0.5) is 0 Å². The first kappa shape index (κ1) is 17.3. The third-order valence-corrected chi connectivity index (χ3v) is 5.25. The Morgan fingerprint density at radius 3 is 2.64 bits per heavy atom. The molecule has 2 aliphatic rings. The summed E-state index contributed by atoms with van der Waals surface area (Å²) < 4.78 is 16.7. The molecule has 144 valence electrons. The Bertz CT molecular complexity index is 944. The molecule has 5 rings (SSSR count). The second-order valence-electron chi connectivity index (χ2n) is 7.54. The fraction of sp³-hybridized carbons (Fsp3) is 0.364. The van der Waals surface area contributed by atoms with E-state index in [1.165, 1.54) is 5.56 Å². The zero-order valence-corrected chi connectivity index (χ0v) is 15.9. The maximum atomic E-state index is 6.08. The minimum Gasteiger partial charge on any atom is -0.497 e. The Kier molecular flexibility index (Phi) is 4.49. The molecule has 1 saturated heterocycles. The molecule has 1 aliphatic carbocycles. The van der Waals surface area contributed by atoms with Gasteiger partial charge < -0.3 is 14.0 Å². The Labute approximate surface area is 164 Å². The molecule has 0 radical (unpaired) electrons. The van der Waals surface area contributed by atoms with Gasteiger partial charge in [-0.1, -0.05) is 17.3 Å². The first-order valence-corrected chi connectivity index (χ1v) is 9.73. The van der Waals surface area contributed by atoms with Crippen molar-refractivity contribution in [1.29, 1.82) is 0 Å². The molecule has 0 spiro atoms.